The van der Waals surface area contributed by atoms with Gasteiger partial charge in [-0.1, -0.05) is 42.0 Å². The smallest absolute Gasteiger partial charge is 0.269 e. The Labute approximate surface area is 136 Å². The summed E-state index contributed by atoms with van der Waals surface area (Å²) in [6, 6.07) is 14.7. The molecule has 2 unspecified atom stereocenters. The summed E-state index contributed by atoms with van der Waals surface area (Å²) in [4.78, 5) is 10.3. The number of hydrogen-bond donors (Lipinski definition) is 2. The number of nitro benzene ring substituents is 1. The highest BCUT2D eigenvalue weighted by Gasteiger charge is 2.13. The van der Waals surface area contributed by atoms with Gasteiger partial charge >= 0.3 is 0 Å². The van der Waals surface area contributed by atoms with E-state index in [1.807, 2.05) is 0 Å². The number of nitrogens with one attached hydrogen (secondary N) is 1. The van der Waals surface area contributed by atoms with E-state index in [0.717, 1.165) is 6.42 Å². The van der Waals surface area contributed by atoms with E-state index < -0.39 is 11.0 Å². The average molecular weight is 314 g/mol. The Morgan fingerprint density at radius 2 is 1.91 bits per heavy atom. The SMILES string of the molecule is Cc1ccc(CC(C)NCC(O)c2cccc([N+](=O)[O-])c2)cc1. The molecule has 2 aromatic rings. The molecule has 2 aromatic carbocycles. The van der Waals surface area contributed by atoms with Gasteiger partial charge in [0.05, 0.1) is 11.0 Å². The first-order valence-corrected chi connectivity index (χ1v) is 7.67. The van der Waals surface area contributed by atoms with Gasteiger partial charge in [-0.2, -0.15) is 0 Å². The van der Waals surface area contributed by atoms with Crippen LogP contribution >= 0.6 is 0 Å². The fraction of sp³-hybridized carbons (Fsp3) is 0.333. The maximum atomic E-state index is 10.8. The number of aliphatic hydroxyl groups excluding tert-OH is 1. The van der Waals surface area contributed by atoms with Crippen molar-refractivity contribution in [2.75, 3.05) is 6.54 Å². The fourth-order valence-electron chi connectivity index (χ4n) is 2.43. The molecule has 0 aliphatic carbocycles. The topological polar surface area (TPSA) is 75.4 Å². The predicted octanol–water partition coefficient (Wildman–Crippen LogP) is 3.16. The van der Waals surface area contributed by atoms with E-state index in [9.17, 15) is 15.2 Å². The Balaban J connectivity index is 1.88. The van der Waals surface area contributed by atoms with Gasteiger partial charge in [-0.15, -0.1) is 0 Å². The van der Waals surface area contributed by atoms with Crippen molar-refractivity contribution < 1.29 is 10.0 Å². The molecule has 0 spiro atoms. The first-order chi connectivity index (χ1) is 11.0. The third-order valence-electron chi connectivity index (χ3n) is 3.79. The van der Waals surface area contributed by atoms with Crippen molar-refractivity contribution in [1.82, 2.24) is 5.32 Å². The van der Waals surface area contributed by atoms with Crippen LogP contribution in [0, 0.1) is 17.0 Å². The second-order valence-electron chi connectivity index (χ2n) is 5.87. The van der Waals surface area contributed by atoms with Gasteiger partial charge in [0, 0.05) is 24.7 Å². The Kier molecular flexibility index (Phi) is 5.84. The number of benzene rings is 2. The second-order valence-corrected chi connectivity index (χ2v) is 5.87. The van der Waals surface area contributed by atoms with E-state index in [1.54, 1.807) is 12.1 Å². The molecule has 0 bridgehead atoms. The average Bonchev–Trinajstić information content (AvgIpc) is 2.55. The highest BCUT2D eigenvalue weighted by Crippen LogP contribution is 2.19. The van der Waals surface area contributed by atoms with Gasteiger partial charge in [0.2, 0.25) is 0 Å². The molecule has 122 valence electrons. The minimum absolute atomic E-state index is 0.00532. The van der Waals surface area contributed by atoms with Crippen LogP contribution in [0.1, 0.15) is 29.7 Å². The highest BCUT2D eigenvalue weighted by molar-refractivity contribution is 5.35. The number of rotatable bonds is 7. The van der Waals surface area contributed by atoms with Crippen molar-refractivity contribution >= 4 is 5.69 Å². The van der Waals surface area contributed by atoms with E-state index in [1.165, 1.54) is 23.3 Å². The van der Waals surface area contributed by atoms with Crippen LogP contribution in [0.25, 0.3) is 0 Å². The summed E-state index contributed by atoms with van der Waals surface area (Å²) in [5.74, 6) is 0. The normalized spacial score (nSPS) is 13.5. The summed E-state index contributed by atoms with van der Waals surface area (Å²) >= 11 is 0. The monoisotopic (exact) mass is 314 g/mol. The van der Waals surface area contributed by atoms with E-state index in [4.69, 9.17) is 0 Å². The van der Waals surface area contributed by atoms with Crippen LogP contribution in [-0.2, 0) is 6.42 Å². The van der Waals surface area contributed by atoms with Crippen molar-refractivity contribution in [1.29, 1.82) is 0 Å². The molecule has 0 aliphatic rings. The molecule has 0 fully saturated rings. The van der Waals surface area contributed by atoms with Gasteiger partial charge in [0.15, 0.2) is 0 Å². The van der Waals surface area contributed by atoms with Crippen molar-refractivity contribution in [3.05, 3.63) is 75.3 Å². The Hall–Kier alpha value is -2.24. The first-order valence-electron chi connectivity index (χ1n) is 7.67. The molecule has 0 radical (unpaired) electrons. The van der Waals surface area contributed by atoms with E-state index in [-0.39, 0.29) is 11.7 Å². The standard InChI is InChI=1S/C18H22N2O3/c1-13-6-8-15(9-7-13)10-14(2)19-12-18(21)16-4-3-5-17(11-16)20(22)23/h3-9,11,14,18-19,21H,10,12H2,1-2H3. The Bertz CT molecular complexity index is 656. The number of aliphatic hydroxyl groups is 1. The zero-order valence-corrected chi connectivity index (χ0v) is 13.4. The molecule has 5 nitrogen and oxygen atoms in total. The van der Waals surface area contributed by atoms with Crippen molar-refractivity contribution in [3.8, 4) is 0 Å². The lowest BCUT2D eigenvalue weighted by Crippen LogP contribution is -2.32. The van der Waals surface area contributed by atoms with E-state index in [0.29, 0.717) is 12.1 Å². The number of hydrogen-bond acceptors (Lipinski definition) is 4. The molecule has 0 amide bonds. The second kappa shape index (κ2) is 7.85. The molecule has 23 heavy (non-hydrogen) atoms. The van der Waals surface area contributed by atoms with Crippen LogP contribution in [-0.4, -0.2) is 22.6 Å². The number of non-ortho nitro benzene ring substituents is 1. The maximum absolute atomic E-state index is 10.8. The summed E-state index contributed by atoms with van der Waals surface area (Å²) in [5, 5.41) is 24.2. The third-order valence-corrected chi connectivity index (χ3v) is 3.79. The van der Waals surface area contributed by atoms with Gasteiger partial charge in [0.25, 0.3) is 5.69 Å². The van der Waals surface area contributed by atoms with Crippen LogP contribution in [0.15, 0.2) is 48.5 Å². The molecule has 2 N–H and O–H groups in total. The van der Waals surface area contributed by atoms with E-state index >= 15 is 0 Å². The van der Waals surface area contributed by atoms with Crippen molar-refractivity contribution in [2.45, 2.75) is 32.4 Å². The number of nitrogens with zero attached hydrogens (tertiary/aromatic N) is 1. The summed E-state index contributed by atoms with van der Waals surface area (Å²) in [6.07, 6.45) is 0.0949. The number of nitro groups is 1. The molecule has 5 heteroatoms. The maximum Gasteiger partial charge on any atom is 0.269 e. The van der Waals surface area contributed by atoms with Crippen LogP contribution < -0.4 is 5.32 Å². The van der Waals surface area contributed by atoms with Crippen LogP contribution in [0.4, 0.5) is 5.69 Å². The fourth-order valence-corrected chi connectivity index (χ4v) is 2.43. The first kappa shape index (κ1) is 17.1. The summed E-state index contributed by atoms with van der Waals surface area (Å²) in [5.41, 5.74) is 3.01. The molecular weight excluding hydrogens is 292 g/mol. The molecule has 0 aromatic heterocycles. The van der Waals surface area contributed by atoms with Crippen molar-refractivity contribution in [3.63, 3.8) is 0 Å². The highest BCUT2D eigenvalue weighted by atomic mass is 16.6. The Morgan fingerprint density at radius 1 is 1.22 bits per heavy atom. The zero-order valence-electron chi connectivity index (χ0n) is 13.4. The molecule has 0 saturated heterocycles. The van der Waals surface area contributed by atoms with Crippen LogP contribution in [0.5, 0.6) is 0 Å². The molecule has 0 aliphatic heterocycles. The Morgan fingerprint density at radius 3 is 2.57 bits per heavy atom. The lowest BCUT2D eigenvalue weighted by atomic mass is 10.0. The van der Waals surface area contributed by atoms with Crippen molar-refractivity contribution in [2.24, 2.45) is 0 Å². The third kappa shape index (κ3) is 5.16. The minimum Gasteiger partial charge on any atom is -0.387 e. The molecule has 2 atom stereocenters. The van der Waals surface area contributed by atoms with Gasteiger partial charge < -0.3 is 10.4 Å². The van der Waals surface area contributed by atoms with Gasteiger partial charge in [-0.3, -0.25) is 10.1 Å². The summed E-state index contributed by atoms with van der Waals surface area (Å²) < 4.78 is 0. The van der Waals surface area contributed by atoms with E-state index in [2.05, 4.69) is 43.4 Å². The predicted molar refractivity (Wildman–Crippen MR) is 90.4 cm³/mol. The molecule has 0 saturated carbocycles. The lowest BCUT2D eigenvalue weighted by Gasteiger charge is -2.17. The largest absolute Gasteiger partial charge is 0.387 e. The van der Waals surface area contributed by atoms with Gasteiger partial charge in [-0.25, -0.2) is 0 Å². The summed E-state index contributed by atoms with van der Waals surface area (Å²) in [6.45, 7) is 4.47. The lowest BCUT2D eigenvalue weighted by molar-refractivity contribution is -0.385. The van der Waals surface area contributed by atoms with Crippen LogP contribution in [0.2, 0.25) is 0 Å². The molecule has 0 heterocycles. The molecular formula is C18H22N2O3. The summed E-state index contributed by atoms with van der Waals surface area (Å²) in [7, 11) is 0. The van der Waals surface area contributed by atoms with Gasteiger partial charge in [0.1, 0.15) is 0 Å². The quantitative estimate of drug-likeness (QED) is 0.608. The number of aryl methyl sites for hydroxylation is 1. The molecule has 2 rings (SSSR count). The van der Waals surface area contributed by atoms with Gasteiger partial charge in [-0.05, 0) is 31.4 Å². The zero-order chi connectivity index (χ0) is 16.8. The van der Waals surface area contributed by atoms with Crippen LogP contribution in [0.3, 0.4) is 0 Å². The minimum atomic E-state index is -0.768.